The number of amides is 2. The highest BCUT2D eigenvalue weighted by atomic mass is 16.2. The fourth-order valence-electron chi connectivity index (χ4n) is 3.03. The SMILES string of the molecule is CC(C)C(C(=O)NC1CCCNC1)N1CCCC1=O. The average molecular weight is 267 g/mol. The second-order valence-electron chi connectivity index (χ2n) is 5.93. The molecule has 2 heterocycles. The zero-order chi connectivity index (χ0) is 13.8. The van der Waals surface area contributed by atoms with Crippen molar-refractivity contribution in [3.8, 4) is 0 Å². The Morgan fingerprint density at radius 1 is 1.42 bits per heavy atom. The zero-order valence-electron chi connectivity index (χ0n) is 11.9. The van der Waals surface area contributed by atoms with Gasteiger partial charge in [-0.3, -0.25) is 9.59 Å². The molecule has 0 radical (unpaired) electrons. The molecular weight excluding hydrogens is 242 g/mol. The standard InChI is InChI=1S/C14H25N3O2/c1-10(2)13(17-8-4-6-12(17)18)14(19)16-11-5-3-7-15-9-11/h10-11,13,15H,3-9H2,1-2H3,(H,16,19). The lowest BCUT2D eigenvalue weighted by molar-refractivity contribution is -0.139. The quantitative estimate of drug-likeness (QED) is 0.780. The number of piperidine rings is 1. The van der Waals surface area contributed by atoms with Gasteiger partial charge in [0.15, 0.2) is 0 Å². The van der Waals surface area contributed by atoms with Crippen molar-refractivity contribution >= 4 is 11.8 Å². The van der Waals surface area contributed by atoms with Crippen molar-refractivity contribution in [2.75, 3.05) is 19.6 Å². The second kappa shape index (κ2) is 6.37. The van der Waals surface area contributed by atoms with Gasteiger partial charge in [0.25, 0.3) is 0 Å². The van der Waals surface area contributed by atoms with Crippen LogP contribution in [0.4, 0.5) is 0 Å². The van der Waals surface area contributed by atoms with Crippen molar-refractivity contribution in [1.29, 1.82) is 0 Å². The van der Waals surface area contributed by atoms with E-state index in [2.05, 4.69) is 10.6 Å². The summed E-state index contributed by atoms with van der Waals surface area (Å²) in [4.78, 5) is 26.1. The predicted molar refractivity (Wildman–Crippen MR) is 73.6 cm³/mol. The summed E-state index contributed by atoms with van der Waals surface area (Å²) in [5, 5.41) is 6.39. The van der Waals surface area contributed by atoms with E-state index in [1.807, 2.05) is 13.8 Å². The maximum Gasteiger partial charge on any atom is 0.243 e. The van der Waals surface area contributed by atoms with E-state index < -0.39 is 0 Å². The molecule has 0 bridgehead atoms. The third-order valence-electron chi connectivity index (χ3n) is 3.99. The van der Waals surface area contributed by atoms with Gasteiger partial charge >= 0.3 is 0 Å². The van der Waals surface area contributed by atoms with Crippen LogP contribution in [0.5, 0.6) is 0 Å². The molecular formula is C14H25N3O2. The Balaban J connectivity index is 1.97. The van der Waals surface area contributed by atoms with Crippen molar-refractivity contribution < 1.29 is 9.59 Å². The Kier molecular flexibility index (Phi) is 4.80. The molecule has 2 aliphatic rings. The molecule has 2 aliphatic heterocycles. The fraction of sp³-hybridized carbons (Fsp3) is 0.857. The van der Waals surface area contributed by atoms with E-state index in [1.165, 1.54) is 0 Å². The van der Waals surface area contributed by atoms with Gasteiger partial charge < -0.3 is 15.5 Å². The van der Waals surface area contributed by atoms with Gasteiger partial charge in [0, 0.05) is 25.6 Å². The monoisotopic (exact) mass is 267 g/mol. The highest BCUT2D eigenvalue weighted by Gasteiger charge is 2.35. The number of nitrogens with zero attached hydrogens (tertiary/aromatic N) is 1. The van der Waals surface area contributed by atoms with E-state index in [0.717, 1.165) is 38.9 Å². The lowest BCUT2D eigenvalue weighted by atomic mass is 10.0. The van der Waals surface area contributed by atoms with Gasteiger partial charge in [-0.25, -0.2) is 0 Å². The van der Waals surface area contributed by atoms with Crippen molar-refractivity contribution in [3.63, 3.8) is 0 Å². The highest BCUT2D eigenvalue weighted by Crippen LogP contribution is 2.19. The van der Waals surface area contributed by atoms with Crippen LogP contribution in [0.1, 0.15) is 39.5 Å². The molecule has 2 amide bonds. The first-order chi connectivity index (χ1) is 9.09. The minimum Gasteiger partial charge on any atom is -0.350 e. The molecule has 0 aromatic carbocycles. The summed E-state index contributed by atoms with van der Waals surface area (Å²) in [5.74, 6) is 0.285. The van der Waals surface area contributed by atoms with E-state index in [1.54, 1.807) is 4.90 Å². The average Bonchev–Trinajstić information content (AvgIpc) is 2.77. The first-order valence-corrected chi connectivity index (χ1v) is 7.40. The molecule has 2 rings (SSSR count). The van der Waals surface area contributed by atoms with Crippen LogP contribution in [0.15, 0.2) is 0 Å². The Bertz CT molecular complexity index is 338. The molecule has 2 N–H and O–H groups in total. The van der Waals surface area contributed by atoms with Crippen LogP contribution in [0.2, 0.25) is 0 Å². The summed E-state index contributed by atoms with van der Waals surface area (Å²) in [7, 11) is 0. The van der Waals surface area contributed by atoms with E-state index in [-0.39, 0.29) is 29.8 Å². The molecule has 2 fully saturated rings. The topological polar surface area (TPSA) is 61.4 Å². The number of hydrogen-bond acceptors (Lipinski definition) is 3. The molecule has 2 unspecified atom stereocenters. The van der Waals surface area contributed by atoms with Crippen LogP contribution in [-0.2, 0) is 9.59 Å². The molecule has 5 nitrogen and oxygen atoms in total. The number of nitrogens with one attached hydrogen (secondary N) is 2. The smallest absolute Gasteiger partial charge is 0.243 e. The minimum absolute atomic E-state index is 0.0129. The van der Waals surface area contributed by atoms with Gasteiger partial charge in [0.1, 0.15) is 6.04 Å². The molecule has 108 valence electrons. The van der Waals surface area contributed by atoms with Gasteiger partial charge in [-0.05, 0) is 31.7 Å². The number of likely N-dealkylation sites (tertiary alicyclic amines) is 1. The summed E-state index contributed by atoms with van der Waals surface area (Å²) >= 11 is 0. The number of carbonyl (C=O) groups excluding carboxylic acids is 2. The molecule has 0 aliphatic carbocycles. The van der Waals surface area contributed by atoms with Crippen LogP contribution in [-0.4, -0.2) is 48.4 Å². The third kappa shape index (κ3) is 3.47. The summed E-state index contributed by atoms with van der Waals surface area (Å²) in [6.45, 7) is 6.61. The zero-order valence-corrected chi connectivity index (χ0v) is 11.9. The summed E-state index contributed by atoms with van der Waals surface area (Å²) < 4.78 is 0. The lowest BCUT2D eigenvalue weighted by Gasteiger charge is -2.32. The molecule has 0 saturated carbocycles. The van der Waals surface area contributed by atoms with Crippen molar-refractivity contribution in [3.05, 3.63) is 0 Å². The van der Waals surface area contributed by atoms with Gasteiger partial charge in [0.05, 0.1) is 0 Å². The van der Waals surface area contributed by atoms with Gasteiger partial charge in [-0.15, -0.1) is 0 Å². The third-order valence-corrected chi connectivity index (χ3v) is 3.99. The van der Waals surface area contributed by atoms with Crippen LogP contribution in [0.25, 0.3) is 0 Å². The van der Waals surface area contributed by atoms with Crippen LogP contribution in [0, 0.1) is 5.92 Å². The van der Waals surface area contributed by atoms with Gasteiger partial charge in [-0.2, -0.15) is 0 Å². The van der Waals surface area contributed by atoms with Gasteiger partial charge in [0.2, 0.25) is 11.8 Å². The number of carbonyl (C=O) groups is 2. The van der Waals surface area contributed by atoms with Gasteiger partial charge in [-0.1, -0.05) is 13.8 Å². The van der Waals surface area contributed by atoms with Crippen LogP contribution in [0.3, 0.4) is 0 Å². The first-order valence-electron chi connectivity index (χ1n) is 7.40. The Labute approximate surface area is 115 Å². The first kappa shape index (κ1) is 14.3. The molecule has 2 saturated heterocycles. The predicted octanol–water partition coefficient (Wildman–Crippen LogP) is 0.502. The highest BCUT2D eigenvalue weighted by molar-refractivity contribution is 5.89. The molecule has 0 aromatic rings. The van der Waals surface area contributed by atoms with Crippen molar-refractivity contribution in [2.45, 2.75) is 51.6 Å². The minimum atomic E-state index is -0.308. The number of hydrogen-bond donors (Lipinski definition) is 2. The molecule has 0 spiro atoms. The van der Waals surface area contributed by atoms with Crippen molar-refractivity contribution in [2.24, 2.45) is 5.92 Å². The Morgan fingerprint density at radius 2 is 2.21 bits per heavy atom. The van der Waals surface area contributed by atoms with E-state index in [9.17, 15) is 9.59 Å². The fourth-order valence-corrected chi connectivity index (χ4v) is 3.03. The normalized spacial score (nSPS) is 25.7. The number of rotatable bonds is 4. The Hall–Kier alpha value is -1.10. The summed E-state index contributed by atoms with van der Waals surface area (Å²) in [6, 6.07) is -0.0999. The van der Waals surface area contributed by atoms with E-state index in [0.29, 0.717) is 6.42 Å². The second-order valence-corrected chi connectivity index (χ2v) is 5.93. The summed E-state index contributed by atoms with van der Waals surface area (Å²) in [6.07, 6.45) is 3.58. The molecule has 5 heteroatoms. The Morgan fingerprint density at radius 3 is 2.74 bits per heavy atom. The van der Waals surface area contributed by atoms with Crippen LogP contribution < -0.4 is 10.6 Å². The largest absolute Gasteiger partial charge is 0.350 e. The lowest BCUT2D eigenvalue weighted by Crippen LogP contribution is -2.55. The molecule has 19 heavy (non-hydrogen) atoms. The van der Waals surface area contributed by atoms with E-state index >= 15 is 0 Å². The van der Waals surface area contributed by atoms with Crippen molar-refractivity contribution in [1.82, 2.24) is 15.5 Å². The van der Waals surface area contributed by atoms with E-state index in [4.69, 9.17) is 0 Å². The maximum atomic E-state index is 12.5. The summed E-state index contributed by atoms with van der Waals surface area (Å²) in [5.41, 5.74) is 0. The van der Waals surface area contributed by atoms with Crippen LogP contribution >= 0.6 is 0 Å². The maximum absolute atomic E-state index is 12.5. The molecule has 2 atom stereocenters. The molecule has 0 aromatic heterocycles.